The molecule has 2 N–H and O–H groups in total. The van der Waals surface area contributed by atoms with Gasteiger partial charge in [-0.15, -0.1) is 0 Å². The van der Waals surface area contributed by atoms with Crippen LogP contribution in [-0.2, 0) is 0 Å². The maximum absolute atomic E-state index is 5.42. The lowest BCUT2D eigenvalue weighted by atomic mass is 9.78. The van der Waals surface area contributed by atoms with Crippen LogP contribution in [-0.4, -0.2) is 18.3 Å². The second-order valence-electron chi connectivity index (χ2n) is 5.70. The summed E-state index contributed by atoms with van der Waals surface area (Å²) in [5.41, 5.74) is 0.986. The van der Waals surface area contributed by atoms with Crippen molar-refractivity contribution in [3.63, 3.8) is 0 Å². The quantitative estimate of drug-likeness (QED) is 0.830. The van der Waals surface area contributed by atoms with E-state index in [0.29, 0.717) is 17.1 Å². The summed E-state index contributed by atoms with van der Waals surface area (Å²) in [6.07, 6.45) is 3.82. The zero-order valence-corrected chi connectivity index (χ0v) is 13.3. The molecule has 3 nitrogen and oxygen atoms in total. The van der Waals surface area contributed by atoms with E-state index in [2.05, 4.69) is 24.5 Å². The van der Waals surface area contributed by atoms with Crippen LogP contribution in [0.2, 0.25) is 0 Å². The summed E-state index contributed by atoms with van der Waals surface area (Å²) in [5.74, 6) is 2.29. The Morgan fingerprint density at radius 1 is 1.20 bits per heavy atom. The number of anilines is 1. The standard InChI is InChI=1S/C16H24N2OS/c1-11-5-4-6-15(12(11)2)18-16(20)17-13-7-9-14(19-3)10-8-13/h7-12,15H,4-6H2,1-3H3,(H2,17,18,20)/t11-,12+,15-/m0/s1. The number of hydrogen-bond donors (Lipinski definition) is 2. The molecule has 110 valence electrons. The minimum atomic E-state index is 0.483. The van der Waals surface area contributed by atoms with Crippen LogP contribution in [0, 0.1) is 11.8 Å². The SMILES string of the molecule is COc1ccc(NC(=S)N[C@H]2CCC[C@H](C)[C@H]2C)cc1. The van der Waals surface area contributed by atoms with Crippen molar-refractivity contribution in [3.05, 3.63) is 24.3 Å². The van der Waals surface area contributed by atoms with Gasteiger partial charge in [-0.1, -0.05) is 26.7 Å². The van der Waals surface area contributed by atoms with Crippen LogP contribution >= 0.6 is 12.2 Å². The van der Waals surface area contributed by atoms with Crippen molar-refractivity contribution in [2.75, 3.05) is 12.4 Å². The highest BCUT2D eigenvalue weighted by Gasteiger charge is 2.27. The van der Waals surface area contributed by atoms with Crippen LogP contribution in [0.25, 0.3) is 0 Å². The third-order valence-corrected chi connectivity index (χ3v) is 4.59. The van der Waals surface area contributed by atoms with Crippen molar-refractivity contribution < 1.29 is 4.74 Å². The smallest absolute Gasteiger partial charge is 0.171 e. The molecule has 1 aromatic rings. The van der Waals surface area contributed by atoms with E-state index in [1.165, 1.54) is 19.3 Å². The van der Waals surface area contributed by atoms with Gasteiger partial charge in [0.2, 0.25) is 0 Å². The zero-order valence-electron chi connectivity index (χ0n) is 12.5. The van der Waals surface area contributed by atoms with Gasteiger partial charge >= 0.3 is 0 Å². The van der Waals surface area contributed by atoms with Gasteiger partial charge in [0.25, 0.3) is 0 Å². The summed E-state index contributed by atoms with van der Waals surface area (Å²) in [6.45, 7) is 4.65. The lowest BCUT2D eigenvalue weighted by Gasteiger charge is -2.35. The molecule has 1 saturated carbocycles. The van der Waals surface area contributed by atoms with Crippen molar-refractivity contribution in [1.82, 2.24) is 5.32 Å². The lowest BCUT2D eigenvalue weighted by Crippen LogP contribution is -2.45. The largest absolute Gasteiger partial charge is 0.497 e. The van der Waals surface area contributed by atoms with E-state index in [1.54, 1.807) is 7.11 Å². The van der Waals surface area contributed by atoms with Gasteiger partial charge in [-0.05, 0) is 54.7 Å². The first-order valence-electron chi connectivity index (χ1n) is 7.31. The van der Waals surface area contributed by atoms with Crippen LogP contribution in [0.3, 0.4) is 0 Å². The average molecular weight is 292 g/mol. The second-order valence-corrected chi connectivity index (χ2v) is 6.11. The van der Waals surface area contributed by atoms with E-state index in [0.717, 1.165) is 17.4 Å². The van der Waals surface area contributed by atoms with Crippen molar-refractivity contribution in [1.29, 1.82) is 0 Å². The van der Waals surface area contributed by atoms with E-state index in [9.17, 15) is 0 Å². The van der Waals surface area contributed by atoms with E-state index >= 15 is 0 Å². The molecule has 4 heteroatoms. The first-order valence-corrected chi connectivity index (χ1v) is 7.72. The minimum Gasteiger partial charge on any atom is -0.497 e. The molecule has 1 aromatic carbocycles. The Balaban J connectivity index is 1.88. The second kappa shape index (κ2) is 6.93. The highest BCUT2D eigenvalue weighted by atomic mass is 32.1. The Morgan fingerprint density at radius 3 is 2.55 bits per heavy atom. The average Bonchev–Trinajstić information content (AvgIpc) is 2.45. The van der Waals surface area contributed by atoms with E-state index in [1.807, 2.05) is 24.3 Å². The van der Waals surface area contributed by atoms with Crippen molar-refractivity contribution in [2.45, 2.75) is 39.2 Å². The van der Waals surface area contributed by atoms with Crippen molar-refractivity contribution in [2.24, 2.45) is 11.8 Å². The molecular weight excluding hydrogens is 268 g/mol. The molecule has 0 radical (unpaired) electrons. The summed E-state index contributed by atoms with van der Waals surface area (Å²) in [7, 11) is 1.67. The molecule has 0 spiro atoms. The predicted octanol–water partition coefficient (Wildman–Crippen LogP) is 3.81. The van der Waals surface area contributed by atoms with Gasteiger partial charge in [0, 0.05) is 11.7 Å². The van der Waals surface area contributed by atoms with Crippen LogP contribution in [0.5, 0.6) is 5.75 Å². The molecule has 1 aliphatic rings. The number of rotatable bonds is 3. The Labute approximate surface area is 127 Å². The van der Waals surface area contributed by atoms with Gasteiger partial charge in [-0.25, -0.2) is 0 Å². The zero-order chi connectivity index (χ0) is 14.5. The van der Waals surface area contributed by atoms with Crippen molar-refractivity contribution >= 4 is 23.0 Å². The lowest BCUT2D eigenvalue weighted by molar-refractivity contribution is 0.225. The van der Waals surface area contributed by atoms with Gasteiger partial charge in [0.15, 0.2) is 5.11 Å². The highest BCUT2D eigenvalue weighted by molar-refractivity contribution is 7.80. The van der Waals surface area contributed by atoms with E-state index < -0.39 is 0 Å². The summed E-state index contributed by atoms with van der Waals surface area (Å²) in [4.78, 5) is 0. The molecule has 0 saturated heterocycles. The molecule has 1 aliphatic carbocycles. The molecule has 0 heterocycles. The van der Waals surface area contributed by atoms with E-state index in [-0.39, 0.29) is 0 Å². The molecule has 0 bridgehead atoms. The molecule has 1 fully saturated rings. The molecular formula is C16H24N2OS. The monoisotopic (exact) mass is 292 g/mol. The number of methoxy groups -OCH3 is 1. The maximum Gasteiger partial charge on any atom is 0.171 e. The molecule has 0 unspecified atom stereocenters. The fraction of sp³-hybridized carbons (Fsp3) is 0.562. The number of thiocarbonyl (C=S) groups is 1. The summed E-state index contributed by atoms with van der Waals surface area (Å²) in [6, 6.07) is 8.28. The molecule has 2 rings (SSSR count). The van der Waals surface area contributed by atoms with Gasteiger partial charge < -0.3 is 15.4 Å². The maximum atomic E-state index is 5.42. The summed E-state index contributed by atoms with van der Waals surface area (Å²) >= 11 is 5.42. The van der Waals surface area contributed by atoms with Gasteiger partial charge in [-0.2, -0.15) is 0 Å². The predicted molar refractivity (Wildman–Crippen MR) is 88.3 cm³/mol. The first-order chi connectivity index (χ1) is 9.60. The number of nitrogens with one attached hydrogen (secondary N) is 2. The fourth-order valence-corrected chi connectivity index (χ4v) is 3.06. The summed E-state index contributed by atoms with van der Waals surface area (Å²) < 4.78 is 5.15. The first kappa shape index (κ1) is 15.1. The van der Waals surface area contributed by atoms with Gasteiger partial charge in [0.1, 0.15) is 5.75 Å². The third kappa shape index (κ3) is 3.85. The minimum absolute atomic E-state index is 0.483. The Kier molecular flexibility index (Phi) is 5.24. The fourth-order valence-electron chi connectivity index (χ4n) is 2.80. The molecule has 0 amide bonds. The van der Waals surface area contributed by atoms with Crippen LogP contribution in [0.4, 0.5) is 5.69 Å². The van der Waals surface area contributed by atoms with Gasteiger partial charge in [0.05, 0.1) is 7.11 Å². The Bertz CT molecular complexity index is 446. The summed E-state index contributed by atoms with van der Waals surface area (Å²) in [5, 5.41) is 7.42. The number of hydrogen-bond acceptors (Lipinski definition) is 2. The van der Waals surface area contributed by atoms with Crippen molar-refractivity contribution in [3.8, 4) is 5.75 Å². The van der Waals surface area contributed by atoms with Gasteiger partial charge in [-0.3, -0.25) is 0 Å². The molecule has 3 atom stereocenters. The molecule has 20 heavy (non-hydrogen) atoms. The number of ether oxygens (including phenoxy) is 1. The highest BCUT2D eigenvalue weighted by Crippen LogP contribution is 2.29. The third-order valence-electron chi connectivity index (χ3n) is 4.37. The van der Waals surface area contributed by atoms with Crippen LogP contribution < -0.4 is 15.4 Å². The topological polar surface area (TPSA) is 33.3 Å². The Morgan fingerprint density at radius 2 is 1.90 bits per heavy atom. The van der Waals surface area contributed by atoms with Crippen LogP contribution in [0.15, 0.2) is 24.3 Å². The normalized spacial score (nSPS) is 25.9. The molecule has 0 aliphatic heterocycles. The molecule has 0 aromatic heterocycles. The Hall–Kier alpha value is -1.29. The van der Waals surface area contributed by atoms with E-state index in [4.69, 9.17) is 17.0 Å². The number of benzene rings is 1. The van der Waals surface area contributed by atoms with Crippen LogP contribution in [0.1, 0.15) is 33.1 Å².